The Balaban J connectivity index is 1.83. The lowest BCUT2D eigenvalue weighted by atomic mass is 10.2. The first-order valence-electron chi connectivity index (χ1n) is 8.49. The van der Waals surface area contributed by atoms with E-state index in [1.54, 1.807) is 15.9 Å². The topological polar surface area (TPSA) is 59.8 Å². The van der Waals surface area contributed by atoms with Gasteiger partial charge in [-0.05, 0) is 49.4 Å². The molecule has 3 aromatic heterocycles. The summed E-state index contributed by atoms with van der Waals surface area (Å²) in [4.78, 5) is 26.8. The summed E-state index contributed by atoms with van der Waals surface area (Å²) in [6.45, 7) is 4.39. The van der Waals surface area contributed by atoms with E-state index in [4.69, 9.17) is 0 Å². The molecular formula is C20H19N3O2S. The Hall–Kier alpha value is -2.86. The van der Waals surface area contributed by atoms with E-state index < -0.39 is 0 Å². The minimum absolute atomic E-state index is 0.0933. The van der Waals surface area contributed by atoms with Gasteiger partial charge < -0.3 is 4.57 Å². The van der Waals surface area contributed by atoms with Crippen LogP contribution in [-0.2, 0) is 13.0 Å². The second kappa shape index (κ2) is 6.46. The molecule has 0 bridgehead atoms. The monoisotopic (exact) mass is 365 g/mol. The highest BCUT2D eigenvalue weighted by Gasteiger charge is 2.15. The summed E-state index contributed by atoms with van der Waals surface area (Å²) >= 11 is 1.68. The Morgan fingerprint density at radius 3 is 2.65 bits per heavy atom. The molecule has 3 heterocycles. The van der Waals surface area contributed by atoms with Crippen LogP contribution in [0.4, 0.5) is 0 Å². The van der Waals surface area contributed by atoms with Gasteiger partial charge in [-0.2, -0.15) is 0 Å². The molecule has 0 saturated heterocycles. The molecule has 4 aromatic rings. The van der Waals surface area contributed by atoms with Gasteiger partial charge in [0.2, 0.25) is 0 Å². The third-order valence-corrected chi connectivity index (χ3v) is 5.58. The van der Waals surface area contributed by atoms with E-state index in [2.05, 4.69) is 11.2 Å². The molecular weight excluding hydrogens is 346 g/mol. The van der Waals surface area contributed by atoms with Crippen LogP contribution in [0, 0.1) is 13.8 Å². The number of nitrogens with zero attached hydrogens (tertiary/aromatic N) is 2. The number of thiophene rings is 1. The molecule has 1 N–H and O–H groups in total. The van der Waals surface area contributed by atoms with Gasteiger partial charge >= 0.3 is 0 Å². The molecule has 5 nitrogen and oxygen atoms in total. The summed E-state index contributed by atoms with van der Waals surface area (Å²) in [7, 11) is 0. The second-order valence-corrected chi connectivity index (χ2v) is 7.46. The number of rotatable bonds is 4. The fraction of sp³-hybridized carbons (Fsp3) is 0.200. The zero-order valence-corrected chi connectivity index (χ0v) is 15.5. The highest BCUT2D eigenvalue weighted by Crippen LogP contribution is 2.16. The molecule has 4 rings (SSSR count). The van der Waals surface area contributed by atoms with Crippen molar-refractivity contribution in [1.82, 2.24) is 14.3 Å². The average molecular weight is 365 g/mol. The number of benzene rings is 1. The molecule has 0 atom stereocenters. The molecule has 0 aliphatic carbocycles. The van der Waals surface area contributed by atoms with Crippen molar-refractivity contribution in [2.24, 2.45) is 0 Å². The molecule has 132 valence electrons. The molecule has 0 unspecified atom stereocenters. The van der Waals surface area contributed by atoms with Crippen molar-refractivity contribution >= 4 is 22.2 Å². The highest BCUT2D eigenvalue weighted by molar-refractivity contribution is 7.09. The van der Waals surface area contributed by atoms with Gasteiger partial charge in [-0.3, -0.25) is 14.7 Å². The first kappa shape index (κ1) is 16.6. The van der Waals surface area contributed by atoms with Gasteiger partial charge in [-0.15, -0.1) is 11.3 Å². The molecule has 0 fully saturated rings. The summed E-state index contributed by atoms with van der Waals surface area (Å²) in [5.74, 6) is 0. The minimum atomic E-state index is -0.132. The number of aromatic amines is 1. The Labute approximate surface area is 154 Å². The van der Waals surface area contributed by atoms with Crippen molar-refractivity contribution in [3.8, 4) is 5.69 Å². The predicted molar refractivity (Wildman–Crippen MR) is 106 cm³/mol. The van der Waals surface area contributed by atoms with Gasteiger partial charge in [0.15, 0.2) is 0 Å². The smallest absolute Gasteiger partial charge is 0.280 e. The zero-order valence-electron chi connectivity index (χ0n) is 14.7. The Morgan fingerprint density at radius 1 is 1.08 bits per heavy atom. The Bertz CT molecular complexity index is 1200. The summed E-state index contributed by atoms with van der Waals surface area (Å²) in [5, 5.41) is 5.67. The van der Waals surface area contributed by atoms with Crippen molar-refractivity contribution < 1.29 is 0 Å². The number of pyridine rings is 1. The number of hydrogen-bond donors (Lipinski definition) is 1. The Morgan fingerprint density at radius 2 is 1.92 bits per heavy atom. The summed E-state index contributed by atoms with van der Waals surface area (Å²) < 4.78 is 3.20. The lowest BCUT2D eigenvalue weighted by Gasteiger charge is -2.09. The molecule has 26 heavy (non-hydrogen) atoms. The van der Waals surface area contributed by atoms with Crippen LogP contribution in [0.25, 0.3) is 16.6 Å². The van der Waals surface area contributed by atoms with Crippen molar-refractivity contribution in [3.63, 3.8) is 0 Å². The van der Waals surface area contributed by atoms with Crippen LogP contribution in [-0.4, -0.2) is 14.3 Å². The van der Waals surface area contributed by atoms with E-state index >= 15 is 0 Å². The predicted octanol–water partition coefficient (Wildman–Crippen LogP) is 3.40. The fourth-order valence-electron chi connectivity index (χ4n) is 3.31. The standard InChI is InChI=1S/C20H19N3O2S/c1-13-5-3-6-15(11-13)23-20(25)19-14(2)22(18(24)12-17(19)21-23)9-8-16-7-4-10-26-16/h3-7,10-12,21H,8-9H2,1-2H3. The third kappa shape index (κ3) is 2.82. The zero-order chi connectivity index (χ0) is 18.3. The summed E-state index contributed by atoms with van der Waals surface area (Å²) in [6.07, 6.45) is 0.778. The minimum Gasteiger partial charge on any atom is -0.312 e. The van der Waals surface area contributed by atoms with Crippen LogP contribution < -0.4 is 11.1 Å². The Kier molecular flexibility index (Phi) is 4.12. The molecule has 0 amide bonds. The molecule has 1 aromatic carbocycles. The number of aromatic nitrogens is 3. The number of aryl methyl sites for hydroxylation is 3. The second-order valence-electron chi connectivity index (χ2n) is 6.43. The van der Waals surface area contributed by atoms with Crippen molar-refractivity contribution in [3.05, 3.63) is 84.7 Å². The molecule has 6 heteroatoms. The van der Waals surface area contributed by atoms with Gasteiger partial charge in [0.1, 0.15) is 0 Å². The van der Waals surface area contributed by atoms with Crippen LogP contribution in [0.5, 0.6) is 0 Å². The maximum atomic E-state index is 13.0. The normalized spacial score (nSPS) is 11.3. The van der Waals surface area contributed by atoms with Gasteiger partial charge in [-0.1, -0.05) is 18.2 Å². The maximum Gasteiger partial charge on any atom is 0.280 e. The first-order chi connectivity index (χ1) is 12.5. The van der Waals surface area contributed by atoms with Crippen molar-refractivity contribution in [2.45, 2.75) is 26.8 Å². The van der Waals surface area contributed by atoms with E-state index in [-0.39, 0.29) is 11.1 Å². The lowest BCUT2D eigenvalue weighted by molar-refractivity contribution is 0.659. The van der Waals surface area contributed by atoms with Crippen LogP contribution in [0.3, 0.4) is 0 Å². The van der Waals surface area contributed by atoms with E-state index in [9.17, 15) is 9.59 Å². The van der Waals surface area contributed by atoms with Crippen LogP contribution in [0.2, 0.25) is 0 Å². The van der Waals surface area contributed by atoms with Crippen LogP contribution in [0.15, 0.2) is 57.4 Å². The van der Waals surface area contributed by atoms with E-state index in [1.165, 1.54) is 15.6 Å². The number of hydrogen-bond acceptors (Lipinski definition) is 3. The molecule has 0 aliphatic heterocycles. The first-order valence-corrected chi connectivity index (χ1v) is 9.37. The number of H-pyrrole nitrogens is 1. The van der Waals surface area contributed by atoms with Crippen molar-refractivity contribution in [2.75, 3.05) is 0 Å². The lowest BCUT2D eigenvalue weighted by Crippen LogP contribution is -2.24. The van der Waals surface area contributed by atoms with E-state index in [0.717, 1.165) is 17.7 Å². The molecule has 0 radical (unpaired) electrons. The molecule has 0 aliphatic rings. The van der Waals surface area contributed by atoms with Gasteiger partial charge in [0.25, 0.3) is 11.1 Å². The van der Waals surface area contributed by atoms with Crippen LogP contribution in [0.1, 0.15) is 16.1 Å². The van der Waals surface area contributed by atoms with Gasteiger partial charge in [-0.25, -0.2) is 4.68 Å². The SMILES string of the molecule is Cc1cccc(-n2[nH]c3cc(=O)n(CCc4cccs4)c(C)c3c2=O)c1. The van der Waals surface area contributed by atoms with Crippen molar-refractivity contribution in [1.29, 1.82) is 0 Å². The summed E-state index contributed by atoms with van der Waals surface area (Å²) in [5.41, 5.74) is 2.89. The van der Waals surface area contributed by atoms with Gasteiger partial charge in [0, 0.05) is 23.2 Å². The number of nitrogens with one attached hydrogen (secondary N) is 1. The fourth-order valence-corrected chi connectivity index (χ4v) is 4.01. The average Bonchev–Trinajstić information content (AvgIpc) is 3.22. The van der Waals surface area contributed by atoms with Gasteiger partial charge in [0.05, 0.1) is 16.6 Å². The largest absolute Gasteiger partial charge is 0.312 e. The highest BCUT2D eigenvalue weighted by atomic mass is 32.1. The van der Waals surface area contributed by atoms with E-state index in [0.29, 0.717) is 23.1 Å². The molecule has 0 saturated carbocycles. The third-order valence-electron chi connectivity index (χ3n) is 4.64. The number of fused-ring (bicyclic) bond motifs is 1. The molecule has 0 spiro atoms. The van der Waals surface area contributed by atoms with E-state index in [1.807, 2.05) is 49.6 Å². The summed E-state index contributed by atoms with van der Waals surface area (Å²) in [6, 6.07) is 13.3. The maximum absolute atomic E-state index is 13.0. The van der Waals surface area contributed by atoms with Crippen LogP contribution >= 0.6 is 11.3 Å². The quantitative estimate of drug-likeness (QED) is 0.602.